The molecule has 0 saturated carbocycles. The Morgan fingerprint density at radius 2 is 1.75 bits per heavy atom. The van der Waals surface area contributed by atoms with Crippen molar-refractivity contribution in [2.75, 3.05) is 32.8 Å². The second kappa shape index (κ2) is 9.78. The van der Waals surface area contributed by atoms with Crippen LogP contribution in [0.15, 0.2) is 24.3 Å². The van der Waals surface area contributed by atoms with Gasteiger partial charge in [0.25, 0.3) is 0 Å². The topological polar surface area (TPSA) is 24.5 Å². The van der Waals surface area contributed by atoms with Crippen LogP contribution in [0, 0.1) is 0 Å². The van der Waals surface area contributed by atoms with Gasteiger partial charge in [0.05, 0.1) is 0 Å². The Kier molecular flexibility index (Phi) is 8.31. The van der Waals surface area contributed by atoms with Crippen molar-refractivity contribution < 1.29 is 4.74 Å². The first-order chi connectivity index (χ1) is 9.69. The molecule has 1 rings (SSSR count). The highest BCUT2D eigenvalue weighted by atomic mass is 16.5. The summed E-state index contributed by atoms with van der Waals surface area (Å²) in [7, 11) is 0. The summed E-state index contributed by atoms with van der Waals surface area (Å²) in [6.07, 6.45) is 1.06. The average Bonchev–Trinajstić information content (AvgIpc) is 2.45. The minimum atomic E-state index is 0.523. The quantitative estimate of drug-likeness (QED) is 0.712. The van der Waals surface area contributed by atoms with Gasteiger partial charge in [0, 0.05) is 12.6 Å². The summed E-state index contributed by atoms with van der Waals surface area (Å²) in [6.45, 7) is 13.7. The number of ether oxygens (including phenoxy) is 1. The van der Waals surface area contributed by atoms with Crippen molar-refractivity contribution in [2.45, 2.75) is 40.2 Å². The van der Waals surface area contributed by atoms with Crippen molar-refractivity contribution in [3.63, 3.8) is 0 Å². The highest BCUT2D eigenvalue weighted by molar-refractivity contribution is 5.27. The summed E-state index contributed by atoms with van der Waals surface area (Å²) in [5.74, 6) is 0.969. The molecule has 0 fully saturated rings. The van der Waals surface area contributed by atoms with E-state index in [1.807, 2.05) is 0 Å². The van der Waals surface area contributed by atoms with Gasteiger partial charge in [0.15, 0.2) is 0 Å². The molecule has 0 saturated heterocycles. The molecule has 0 aliphatic heterocycles. The number of benzene rings is 1. The molecule has 1 N–H and O–H groups in total. The van der Waals surface area contributed by atoms with Crippen LogP contribution in [0.2, 0.25) is 0 Å². The van der Waals surface area contributed by atoms with E-state index < -0.39 is 0 Å². The minimum Gasteiger partial charge on any atom is -0.492 e. The molecular formula is C17H30N2O. The van der Waals surface area contributed by atoms with Crippen molar-refractivity contribution in [1.29, 1.82) is 0 Å². The van der Waals surface area contributed by atoms with Crippen LogP contribution in [-0.4, -0.2) is 43.7 Å². The summed E-state index contributed by atoms with van der Waals surface area (Å²) < 4.78 is 5.79. The van der Waals surface area contributed by atoms with E-state index in [-0.39, 0.29) is 0 Å². The molecule has 0 spiro atoms. The van der Waals surface area contributed by atoms with E-state index in [4.69, 9.17) is 4.74 Å². The first-order valence-electron chi connectivity index (χ1n) is 7.87. The molecule has 114 valence electrons. The van der Waals surface area contributed by atoms with E-state index in [2.05, 4.69) is 62.2 Å². The van der Waals surface area contributed by atoms with Crippen LogP contribution in [0.25, 0.3) is 0 Å². The van der Waals surface area contributed by atoms with Gasteiger partial charge in [0.1, 0.15) is 12.4 Å². The number of nitrogens with zero attached hydrogens (tertiary/aromatic N) is 1. The van der Waals surface area contributed by atoms with Crippen molar-refractivity contribution >= 4 is 0 Å². The lowest BCUT2D eigenvalue weighted by molar-refractivity contribution is 0.223. The average molecular weight is 278 g/mol. The van der Waals surface area contributed by atoms with Crippen LogP contribution in [0.4, 0.5) is 0 Å². The molecule has 3 heteroatoms. The van der Waals surface area contributed by atoms with Gasteiger partial charge < -0.3 is 15.0 Å². The fourth-order valence-corrected chi connectivity index (χ4v) is 2.33. The van der Waals surface area contributed by atoms with Crippen LogP contribution in [0.5, 0.6) is 5.75 Å². The second-order valence-corrected chi connectivity index (χ2v) is 5.18. The predicted molar refractivity (Wildman–Crippen MR) is 86.6 cm³/mol. The lowest BCUT2D eigenvalue weighted by atomic mass is 10.1. The number of rotatable bonds is 10. The van der Waals surface area contributed by atoms with Crippen molar-refractivity contribution in [3.8, 4) is 5.75 Å². The molecule has 1 aromatic carbocycles. The highest BCUT2D eigenvalue weighted by Crippen LogP contribution is 2.13. The lowest BCUT2D eigenvalue weighted by Gasteiger charge is -2.18. The van der Waals surface area contributed by atoms with E-state index in [9.17, 15) is 0 Å². The molecule has 0 aliphatic carbocycles. The van der Waals surface area contributed by atoms with Gasteiger partial charge >= 0.3 is 0 Å². The van der Waals surface area contributed by atoms with Crippen molar-refractivity contribution in [3.05, 3.63) is 29.8 Å². The van der Waals surface area contributed by atoms with Gasteiger partial charge in [-0.15, -0.1) is 0 Å². The largest absolute Gasteiger partial charge is 0.492 e. The van der Waals surface area contributed by atoms with Gasteiger partial charge in [-0.05, 0) is 50.7 Å². The molecule has 3 nitrogen and oxygen atoms in total. The summed E-state index contributed by atoms with van der Waals surface area (Å²) >= 11 is 0. The molecule has 1 unspecified atom stereocenters. The van der Waals surface area contributed by atoms with Gasteiger partial charge in [-0.2, -0.15) is 0 Å². The molecular weight excluding hydrogens is 248 g/mol. The summed E-state index contributed by atoms with van der Waals surface area (Å²) in [5, 5.41) is 3.43. The maximum absolute atomic E-state index is 5.79. The molecule has 0 amide bonds. The zero-order valence-corrected chi connectivity index (χ0v) is 13.5. The summed E-state index contributed by atoms with van der Waals surface area (Å²) in [5.41, 5.74) is 1.36. The number of hydrogen-bond acceptors (Lipinski definition) is 3. The molecule has 0 aliphatic rings. The summed E-state index contributed by atoms with van der Waals surface area (Å²) in [4.78, 5) is 2.37. The van der Waals surface area contributed by atoms with E-state index in [0.717, 1.165) is 45.0 Å². The van der Waals surface area contributed by atoms with Crippen LogP contribution >= 0.6 is 0 Å². The fraction of sp³-hybridized carbons (Fsp3) is 0.647. The fourth-order valence-electron chi connectivity index (χ4n) is 2.33. The van der Waals surface area contributed by atoms with Gasteiger partial charge in [-0.1, -0.05) is 32.9 Å². The molecule has 0 radical (unpaired) electrons. The van der Waals surface area contributed by atoms with Crippen LogP contribution in [0.3, 0.4) is 0 Å². The van der Waals surface area contributed by atoms with Crippen molar-refractivity contribution in [2.24, 2.45) is 0 Å². The number of likely N-dealkylation sites (N-methyl/N-ethyl adjacent to an activating group) is 2. The van der Waals surface area contributed by atoms with Gasteiger partial charge in [0.2, 0.25) is 0 Å². The Morgan fingerprint density at radius 3 is 2.30 bits per heavy atom. The summed E-state index contributed by atoms with van der Waals surface area (Å²) in [6, 6.07) is 9.02. The third-order valence-electron chi connectivity index (χ3n) is 3.59. The maximum atomic E-state index is 5.79. The molecule has 1 aromatic rings. The van der Waals surface area contributed by atoms with Crippen molar-refractivity contribution in [1.82, 2.24) is 10.2 Å². The van der Waals surface area contributed by atoms with Gasteiger partial charge in [-0.25, -0.2) is 0 Å². The third-order valence-corrected chi connectivity index (χ3v) is 3.59. The van der Waals surface area contributed by atoms with E-state index in [0.29, 0.717) is 6.04 Å². The third kappa shape index (κ3) is 6.40. The lowest BCUT2D eigenvalue weighted by Crippen LogP contribution is -2.28. The second-order valence-electron chi connectivity index (χ2n) is 5.18. The number of nitrogens with one attached hydrogen (secondary N) is 1. The molecule has 0 aromatic heterocycles. The zero-order valence-electron chi connectivity index (χ0n) is 13.5. The SMILES string of the molecule is CCNC(C)Cc1ccc(OCCN(CC)CC)cc1. The highest BCUT2D eigenvalue weighted by Gasteiger charge is 2.03. The number of hydrogen-bond donors (Lipinski definition) is 1. The Balaban J connectivity index is 2.35. The molecule has 0 bridgehead atoms. The minimum absolute atomic E-state index is 0.523. The Hall–Kier alpha value is -1.06. The molecule has 1 atom stereocenters. The maximum Gasteiger partial charge on any atom is 0.119 e. The molecule has 20 heavy (non-hydrogen) atoms. The van der Waals surface area contributed by atoms with E-state index >= 15 is 0 Å². The smallest absolute Gasteiger partial charge is 0.119 e. The monoisotopic (exact) mass is 278 g/mol. The van der Waals surface area contributed by atoms with E-state index in [1.165, 1.54) is 5.56 Å². The normalized spacial score (nSPS) is 12.7. The van der Waals surface area contributed by atoms with E-state index in [1.54, 1.807) is 0 Å². The van der Waals surface area contributed by atoms with Crippen LogP contribution < -0.4 is 10.1 Å². The Bertz CT molecular complexity index is 347. The van der Waals surface area contributed by atoms with Crippen LogP contribution in [-0.2, 0) is 6.42 Å². The first-order valence-corrected chi connectivity index (χ1v) is 7.87. The zero-order chi connectivity index (χ0) is 14.8. The molecule has 0 heterocycles. The van der Waals surface area contributed by atoms with Crippen LogP contribution in [0.1, 0.15) is 33.3 Å². The predicted octanol–water partition coefficient (Wildman–Crippen LogP) is 2.95. The Labute approximate surface area is 124 Å². The van der Waals surface area contributed by atoms with Gasteiger partial charge in [-0.3, -0.25) is 0 Å². The first kappa shape index (κ1) is 17.0. The Morgan fingerprint density at radius 1 is 1.10 bits per heavy atom. The standard InChI is InChI=1S/C17H30N2O/c1-5-18-15(4)14-16-8-10-17(11-9-16)20-13-12-19(6-2)7-3/h8-11,15,18H,5-7,12-14H2,1-4H3.